The van der Waals surface area contributed by atoms with Crippen LogP contribution in [0.1, 0.15) is 5.56 Å². The number of ether oxygens (including phenoxy) is 1. The van der Waals surface area contributed by atoms with Gasteiger partial charge in [-0.15, -0.1) is 0 Å². The largest absolute Gasteiger partial charge is 0.494 e. The second kappa shape index (κ2) is 8.82. The van der Waals surface area contributed by atoms with E-state index in [4.69, 9.17) is 10.00 Å². The minimum Gasteiger partial charge on any atom is -0.494 e. The number of hydroxylamine groups is 2. The Morgan fingerprint density at radius 2 is 1.55 bits per heavy atom. The highest BCUT2D eigenvalue weighted by atomic mass is 16.5. The lowest BCUT2D eigenvalue weighted by atomic mass is 10.0. The maximum atomic E-state index is 11.0. The van der Waals surface area contributed by atoms with Gasteiger partial charge in [-0.1, -0.05) is 24.3 Å². The van der Waals surface area contributed by atoms with E-state index in [1.165, 1.54) is 12.1 Å². The maximum Gasteiger partial charge on any atom is 0.233 e. The van der Waals surface area contributed by atoms with Crippen molar-refractivity contribution in [3.63, 3.8) is 0 Å². The molecule has 0 aliphatic carbocycles. The molecule has 0 radical (unpaired) electrons. The minimum absolute atomic E-state index is 0.0662. The van der Waals surface area contributed by atoms with Crippen molar-refractivity contribution in [3.05, 3.63) is 66.2 Å². The smallest absolute Gasteiger partial charge is 0.233 e. The van der Waals surface area contributed by atoms with Gasteiger partial charge in [-0.25, -0.2) is 5.06 Å². The van der Waals surface area contributed by atoms with Crippen LogP contribution in [0.3, 0.4) is 0 Å². The summed E-state index contributed by atoms with van der Waals surface area (Å²) in [6.45, 7) is -0.133. The van der Waals surface area contributed by atoms with Gasteiger partial charge in [0.2, 0.25) is 6.41 Å². The molecule has 3 rings (SSSR count). The molecular weight excluding hydrogens is 374 g/mol. The molecule has 0 aliphatic rings. The van der Waals surface area contributed by atoms with Gasteiger partial charge in [0.05, 0.1) is 18.2 Å². The zero-order chi connectivity index (χ0) is 20.8. The van der Waals surface area contributed by atoms with Crippen molar-refractivity contribution in [2.45, 2.75) is 12.6 Å². The Morgan fingerprint density at radius 1 is 1.00 bits per heavy atom. The van der Waals surface area contributed by atoms with Gasteiger partial charge in [0.15, 0.2) is 11.8 Å². The highest BCUT2D eigenvalue weighted by Crippen LogP contribution is 2.24. The molecule has 1 atom stereocenters. The molecule has 1 amide bonds. The SMILES string of the molecule is N#Cc1ccc(-c2ccc(OC[C@@H](Cn3c(O)ccc3O)N(O)C=O)cc2)cc1. The summed E-state index contributed by atoms with van der Waals surface area (Å²) in [7, 11) is 0. The van der Waals surface area contributed by atoms with Crippen LogP contribution in [0.2, 0.25) is 0 Å². The van der Waals surface area contributed by atoms with Crippen molar-refractivity contribution in [2.24, 2.45) is 0 Å². The van der Waals surface area contributed by atoms with Crippen LogP contribution in [-0.2, 0) is 11.3 Å². The molecule has 148 valence electrons. The first kappa shape index (κ1) is 19.8. The summed E-state index contributed by atoms with van der Waals surface area (Å²) in [5.74, 6) is 0.129. The van der Waals surface area contributed by atoms with E-state index in [-0.39, 0.29) is 31.3 Å². The van der Waals surface area contributed by atoms with Crippen LogP contribution in [0, 0.1) is 11.3 Å². The molecule has 0 bridgehead atoms. The molecule has 29 heavy (non-hydrogen) atoms. The summed E-state index contributed by atoms with van der Waals surface area (Å²) < 4.78 is 6.81. The van der Waals surface area contributed by atoms with E-state index >= 15 is 0 Å². The highest BCUT2D eigenvalue weighted by Gasteiger charge is 2.20. The van der Waals surface area contributed by atoms with Crippen LogP contribution < -0.4 is 4.74 Å². The van der Waals surface area contributed by atoms with Crippen molar-refractivity contribution in [1.29, 1.82) is 5.26 Å². The number of amides is 1. The molecule has 0 saturated heterocycles. The first-order valence-electron chi connectivity index (χ1n) is 8.75. The van der Waals surface area contributed by atoms with Crippen LogP contribution in [0.15, 0.2) is 60.7 Å². The van der Waals surface area contributed by atoms with Crippen molar-refractivity contribution >= 4 is 6.41 Å². The van der Waals surface area contributed by atoms with E-state index in [9.17, 15) is 20.2 Å². The Kier molecular flexibility index (Phi) is 6.02. The summed E-state index contributed by atoms with van der Waals surface area (Å²) in [5, 5.41) is 38.6. The van der Waals surface area contributed by atoms with Gasteiger partial charge in [0, 0.05) is 12.1 Å². The Hall–Kier alpha value is -3.96. The molecule has 0 unspecified atom stereocenters. The molecule has 0 aliphatic heterocycles. The molecule has 2 aromatic carbocycles. The molecule has 1 heterocycles. The van der Waals surface area contributed by atoms with E-state index in [0.29, 0.717) is 16.4 Å². The Labute approximate surface area is 167 Å². The van der Waals surface area contributed by atoms with E-state index in [2.05, 4.69) is 6.07 Å². The van der Waals surface area contributed by atoms with Crippen molar-refractivity contribution in [2.75, 3.05) is 6.61 Å². The fraction of sp³-hybridized carbons (Fsp3) is 0.143. The number of rotatable bonds is 8. The lowest BCUT2D eigenvalue weighted by molar-refractivity contribution is -0.164. The Morgan fingerprint density at radius 3 is 2.07 bits per heavy atom. The third-order valence-electron chi connectivity index (χ3n) is 4.45. The van der Waals surface area contributed by atoms with Gasteiger partial charge in [-0.2, -0.15) is 5.26 Å². The number of carbonyl (C=O) groups is 1. The number of hydrogen-bond donors (Lipinski definition) is 3. The van der Waals surface area contributed by atoms with Crippen LogP contribution in [-0.4, -0.2) is 44.1 Å². The van der Waals surface area contributed by atoms with E-state index in [0.717, 1.165) is 15.7 Å². The Balaban J connectivity index is 1.67. The van der Waals surface area contributed by atoms with E-state index in [1.807, 2.05) is 24.3 Å². The molecule has 0 fully saturated rings. The van der Waals surface area contributed by atoms with Crippen molar-refractivity contribution in [3.8, 4) is 34.7 Å². The monoisotopic (exact) mass is 393 g/mol. The van der Waals surface area contributed by atoms with Gasteiger partial charge in [-0.3, -0.25) is 14.6 Å². The molecule has 0 saturated carbocycles. The first-order valence-corrected chi connectivity index (χ1v) is 8.75. The van der Waals surface area contributed by atoms with Crippen LogP contribution in [0.25, 0.3) is 11.1 Å². The Bertz CT molecular complexity index is 987. The fourth-order valence-electron chi connectivity index (χ4n) is 2.82. The minimum atomic E-state index is -0.838. The maximum absolute atomic E-state index is 11.0. The van der Waals surface area contributed by atoms with Gasteiger partial charge in [0.1, 0.15) is 18.4 Å². The van der Waals surface area contributed by atoms with Crippen LogP contribution in [0.4, 0.5) is 0 Å². The van der Waals surface area contributed by atoms with E-state index < -0.39 is 6.04 Å². The number of carbonyl (C=O) groups excluding carboxylic acids is 1. The zero-order valence-corrected chi connectivity index (χ0v) is 15.3. The normalized spacial score (nSPS) is 11.4. The first-order chi connectivity index (χ1) is 14.0. The second-order valence-electron chi connectivity index (χ2n) is 6.32. The lowest BCUT2D eigenvalue weighted by Gasteiger charge is -2.23. The lowest BCUT2D eigenvalue weighted by Crippen LogP contribution is -2.39. The number of aromatic nitrogens is 1. The fourth-order valence-corrected chi connectivity index (χ4v) is 2.82. The number of aromatic hydroxyl groups is 2. The number of nitriles is 1. The second-order valence-corrected chi connectivity index (χ2v) is 6.32. The predicted molar refractivity (Wildman–Crippen MR) is 103 cm³/mol. The summed E-state index contributed by atoms with van der Waals surface area (Å²) in [4.78, 5) is 11.0. The number of nitrogens with zero attached hydrogens (tertiary/aromatic N) is 3. The molecule has 1 aromatic heterocycles. The summed E-state index contributed by atoms with van der Waals surface area (Å²) in [6.07, 6.45) is 0.236. The highest BCUT2D eigenvalue weighted by molar-refractivity contribution is 5.64. The number of hydrogen-bond acceptors (Lipinski definition) is 6. The molecule has 8 heteroatoms. The van der Waals surface area contributed by atoms with Crippen LogP contribution in [0.5, 0.6) is 17.5 Å². The van der Waals surface area contributed by atoms with E-state index in [1.54, 1.807) is 24.3 Å². The number of benzene rings is 2. The standard InChI is InChI=1S/C21H19N3O5/c22-11-15-1-3-16(4-2-15)17-5-7-19(8-6-17)29-13-18(24(28)14-25)12-23-20(26)9-10-21(23)27/h1-10,14,18,26-28H,12-13H2/t18-/m1/s1. The summed E-state index contributed by atoms with van der Waals surface area (Å²) >= 11 is 0. The molecule has 3 aromatic rings. The zero-order valence-electron chi connectivity index (χ0n) is 15.3. The van der Waals surface area contributed by atoms with Crippen LogP contribution >= 0.6 is 0 Å². The summed E-state index contributed by atoms with van der Waals surface area (Å²) in [6, 6.07) is 18.2. The average molecular weight is 393 g/mol. The predicted octanol–water partition coefficient (Wildman–Crippen LogP) is 2.73. The molecular formula is C21H19N3O5. The third kappa shape index (κ3) is 4.66. The summed E-state index contributed by atoms with van der Waals surface area (Å²) in [5.41, 5.74) is 2.48. The molecule has 8 nitrogen and oxygen atoms in total. The van der Waals surface area contributed by atoms with Gasteiger partial charge < -0.3 is 14.9 Å². The quantitative estimate of drug-likeness (QED) is 0.308. The molecule has 0 spiro atoms. The van der Waals surface area contributed by atoms with Gasteiger partial charge in [0.25, 0.3) is 0 Å². The van der Waals surface area contributed by atoms with Crippen molar-refractivity contribution in [1.82, 2.24) is 9.63 Å². The average Bonchev–Trinajstić information content (AvgIpc) is 3.08. The van der Waals surface area contributed by atoms with Crippen molar-refractivity contribution < 1.29 is 25.0 Å². The molecule has 3 N–H and O–H groups in total. The van der Waals surface area contributed by atoms with Gasteiger partial charge in [-0.05, 0) is 35.4 Å². The third-order valence-corrected chi connectivity index (χ3v) is 4.45. The topological polar surface area (TPSA) is 119 Å². The van der Waals surface area contributed by atoms with Gasteiger partial charge >= 0.3 is 0 Å².